The summed E-state index contributed by atoms with van der Waals surface area (Å²) in [5.74, 6) is 0. The molecule has 0 N–H and O–H groups in total. The highest BCUT2D eigenvalue weighted by molar-refractivity contribution is 6.18. The van der Waals surface area contributed by atoms with E-state index in [2.05, 4.69) is 223 Å². The summed E-state index contributed by atoms with van der Waals surface area (Å²) in [5, 5.41) is 4.16. The minimum atomic E-state index is -0.472. The summed E-state index contributed by atoms with van der Waals surface area (Å²) in [6, 6.07) is 81.3. The second-order valence-electron chi connectivity index (χ2n) is 17.1. The summed E-state index contributed by atoms with van der Waals surface area (Å²) in [6.07, 6.45) is 0. The van der Waals surface area contributed by atoms with E-state index in [-0.39, 0.29) is 0 Å². The summed E-state index contributed by atoms with van der Waals surface area (Å²) in [6.45, 7) is 0. The first kappa shape index (κ1) is 35.2. The van der Waals surface area contributed by atoms with Crippen molar-refractivity contribution in [2.75, 3.05) is 4.90 Å². The van der Waals surface area contributed by atoms with Crippen LogP contribution in [-0.2, 0) is 5.41 Å². The van der Waals surface area contributed by atoms with Crippen molar-refractivity contribution >= 4 is 60.9 Å². The Morgan fingerprint density at radius 1 is 0.297 bits per heavy atom. The first-order valence-corrected chi connectivity index (χ1v) is 22.0. The number of anilines is 3. The number of rotatable bonds is 5. The Kier molecular flexibility index (Phi) is 7.32. The molecule has 0 saturated carbocycles. The molecular formula is C61H37NO2. The van der Waals surface area contributed by atoms with E-state index in [1.54, 1.807) is 0 Å². The average molecular weight is 816 g/mol. The third-order valence-corrected chi connectivity index (χ3v) is 13.9. The predicted octanol–water partition coefficient (Wildman–Crippen LogP) is 16.6. The molecule has 0 amide bonds. The topological polar surface area (TPSA) is 29.5 Å². The fourth-order valence-corrected chi connectivity index (χ4v) is 11.2. The van der Waals surface area contributed by atoms with Crippen LogP contribution in [0.2, 0.25) is 0 Å². The van der Waals surface area contributed by atoms with Crippen LogP contribution in [0.5, 0.6) is 0 Å². The lowest BCUT2D eigenvalue weighted by atomic mass is 9.70. The van der Waals surface area contributed by atoms with Crippen LogP contribution in [0.25, 0.3) is 88.4 Å². The van der Waals surface area contributed by atoms with Crippen LogP contribution in [-0.4, -0.2) is 0 Å². The highest BCUT2D eigenvalue weighted by atomic mass is 16.3. The van der Waals surface area contributed by atoms with Crippen molar-refractivity contribution in [3.63, 3.8) is 0 Å². The van der Waals surface area contributed by atoms with Gasteiger partial charge in [-0.25, -0.2) is 0 Å². The second-order valence-corrected chi connectivity index (χ2v) is 17.1. The van der Waals surface area contributed by atoms with Crippen molar-refractivity contribution < 1.29 is 8.83 Å². The molecule has 0 radical (unpaired) electrons. The van der Waals surface area contributed by atoms with Gasteiger partial charge in [0.05, 0.1) is 11.1 Å². The van der Waals surface area contributed by atoms with E-state index in [0.717, 1.165) is 72.1 Å². The van der Waals surface area contributed by atoms with Crippen LogP contribution in [0, 0.1) is 0 Å². The molecule has 10 aromatic carbocycles. The zero-order chi connectivity index (χ0) is 41.9. The van der Waals surface area contributed by atoms with Crippen LogP contribution in [0.3, 0.4) is 0 Å². The Bertz CT molecular complexity index is 3780. The standard InChI is InChI=1S/C61H37NO2/c1-3-15-38(16-4-1)39-29-31-41(32-30-39)62(42-33-34-47-46-21-9-12-27-54(46)61(55(47)35-42)52-25-10-7-19-44(52)45-20-8-11-26-53(45)61)56-28-14-24-49-51-37-57-50(36-58(51)64-60(49)56)48-23-13-22-43(59(48)63-57)40-17-5-2-6-18-40/h1-37H. The van der Waals surface area contributed by atoms with Crippen LogP contribution < -0.4 is 4.90 Å². The lowest BCUT2D eigenvalue weighted by molar-refractivity contribution is 0.664. The third-order valence-electron chi connectivity index (χ3n) is 13.9. The number of para-hydroxylation sites is 2. The van der Waals surface area contributed by atoms with Gasteiger partial charge in [-0.1, -0.05) is 182 Å². The Morgan fingerprint density at radius 2 is 0.766 bits per heavy atom. The lowest BCUT2D eigenvalue weighted by Gasteiger charge is -2.32. The van der Waals surface area contributed by atoms with E-state index >= 15 is 0 Å². The Labute approximate surface area is 369 Å². The third kappa shape index (κ3) is 4.81. The number of hydrogen-bond donors (Lipinski definition) is 0. The molecule has 0 aliphatic heterocycles. The maximum Gasteiger partial charge on any atom is 0.159 e. The van der Waals surface area contributed by atoms with E-state index in [1.807, 2.05) is 6.07 Å². The summed E-state index contributed by atoms with van der Waals surface area (Å²) in [5.41, 5.74) is 20.9. The SMILES string of the molecule is c1ccc(-c2ccc(N(c3ccc4c(c3)C3(c5ccccc5-c5ccccc53)c3ccccc3-4)c3cccc4c3oc3cc5c(cc34)oc3c(-c4ccccc4)cccc35)cc2)cc1. The second kappa shape index (κ2) is 13.3. The molecular weight excluding hydrogens is 779 g/mol. The predicted molar refractivity (Wildman–Crippen MR) is 263 cm³/mol. The molecule has 3 heteroatoms. The van der Waals surface area contributed by atoms with Gasteiger partial charge in [0.15, 0.2) is 5.58 Å². The molecule has 298 valence electrons. The van der Waals surface area contributed by atoms with Gasteiger partial charge in [-0.3, -0.25) is 0 Å². The molecule has 2 aromatic heterocycles. The normalized spacial score (nSPS) is 13.1. The van der Waals surface area contributed by atoms with E-state index < -0.39 is 5.41 Å². The van der Waals surface area contributed by atoms with Gasteiger partial charge in [-0.15, -0.1) is 0 Å². The smallest absolute Gasteiger partial charge is 0.159 e. The molecule has 12 aromatic rings. The van der Waals surface area contributed by atoms with E-state index in [0.29, 0.717) is 0 Å². The summed E-state index contributed by atoms with van der Waals surface area (Å²) in [4.78, 5) is 2.38. The zero-order valence-corrected chi connectivity index (χ0v) is 34.6. The lowest BCUT2D eigenvalue weighted by Crippen LogP contribution is -2.26. The Morgan fingerprint density at radius 3 is 1.39 bits per heavy atom. The van der Waals surface area contributed by atoms with Gasteiger partial charge in [0.2, 0.25) is 0 Å². The molecule has 2 aliphatic carbocycles. The van der Waals surface area contributed by atoms with Gasteiger partial charge in [0, 0.05) is 38.5 Å². The van der Waals surface area contributed by atoms with Crippen molar-refractivity contribution in [1.82, 2.24) is 0 Å². The molecule has 2 heterocycles. The van der Waals surface area contributed by atoms with Gasteiger partial charge >= 0.3 is 0 Å². The molecule has 0 unspecified atom stereocenters. The number of benzene rings is 10. The highest BCUT2D eigenvalue weighted by Crippen LogP contribution is 2.63. The van der Waals surface area contributed by atoms with Gasteiger partial charge in [0.1, 0.15) is 16.7 Å². The fourth-order valence-electron chi connectivity index (χ4n) is 11.2. The van der Waals surface area contributed by atoms with Crippen LogP contribution in [0.4, 0.5) is 17.1 Å². The van der Waals surface area contributed by atoms with Gasteiger partial charge < -0.3 is 13.7 Å². The van der Waals surface area contributed by atoms with Gasteiger partial charge in [-0.05, 0) is 104 Å². The molecule has 64 heavy (non-hydrogen) atoms. The van der Waals surface area contributed by atoms with Crippen molar-refractivity contribution in [2.24, 2.45) is 0 Å². The number of furan rings is 2. The Hall–Kier alpha value is -8.40. The molecule has 14 rings (SSSR count). The van der Waals surface area contributed by atoms with E-state index in [9.17, 15) is 0 Å². The molecule has 0 fully saturated rings. The quantitative estimate of drug-likeness (QED) is 0.173. The molecule has 0 atom stereocenters. The number of nitrogens with zero attached hydrogens (tertiary/aromatic N) is 1. The van der Waals surface area contributed by atoms with E-state index in [4.69, 9.17) is 8.83 Å². The monoisotopic (exact) mass is 815 g/mol. The van der Waals surface area contributed by atoms with Crippen LogP contribution >= 0.6 is 0 Å². The molecule has 1 spiro atoms. The zero-order valence-electron chi connectivity index (χ0n) is 34.6. The average Bonchev–Trinajstić information content (AvgIpc) is 4.09. The Balaban J connectivity index is 1.000. The van der Waals surface area contributed by atoms with Crippen molar-refractivity contribution in [2.45, 2.75) is 5.41 Å². The molecule has 2 aliphatic rings. The number of hydrogen-bond acceptors (Lipinski definition) is 3. The van der Waals surface area contributed by atoms with Crippen molar-refractivity contribution in [1.29, 1.82) is 0 Å². The summed E-state index contributed by atoms with van der Waals surface area (Å²) >= 11 is 0. The maximum absolute atomic E-state index is 7.09. The minimum Gasteiger partial charge on any atom is -0.455 e. The highest BCUT2D eigenvalue weighted by Gasteiger charge is 2.51. The van der Waals surface area contributed by atoms with Crippen molar-refractivity contribution in [3.8, 4) is 44.5 Å². The van der Waals surface area contributed by atoms with Crippen LogP contribution in [0.1, 0.15) is 22.3 Å². The molecule has 3 nitrogen and oxygen atoms in total. The largest absolute Gasteiger partial charge is 0.455 e. The van der Waals surface area contributed by atoms with Crippen molar-refractivity contribution in [3.05, 3.63) is 247 Å². The summed E-state index contributed by atoms with van der Waals surface area (Å²) in [7, 11) is 0. The minimum absolute atomic E-state index is 0.472. The fraction of sp³-hybridized carbons (Fsp3) is 0.0164. The number of fused-ring (bicyclic) bond motifs is 16. The molecule has 0 saturated heterocycles. The van der Waals surface area contributed by atoms with Gasteiger partial charge in [0.25, 0.3) is 0 Å². The first-order valence-electron chi connectivity index (χ1n) is 22.0. The van der Waals surface area contributed by atoms with Gasteiger partial charge in [-0.2, -0.15) is 0 Å². The molecule has 0 bridgehead atoms. The first-order chi connectivity index (χ1) is 31.7. The van der Waals surface area contributed by atoms with E-state index in [1.165, 1.54) is 55.6 Å². The summed E-state index contributed by atoms with van der Waals surface area (Å²) < 4.78 is 13.8. The maximum atomic E-state index is 7.09. The van der Waals surface area contributed by atoms with Crippen LogP contribution in [0.15, 0.2) is 233 Å².